The van der Waals surface area contributed by atoms with Gasteiger partial charge in [0.05, 0.1) is 17.9 Å². The maximum Gasteiger partial charge on any atom is 0.317 e. The number of likely N-dealkylation sites (tertiary alicyclic amines) is 1. The molecule has 1 fully saturated rings. The van der Waals surface area contributed by atoms with Crippen LogP contribution in [-0.4, -0.2) is 68.8 Å². The Bertz CT molecular complexity index is 792. The van der Waals surface area contributed by atoms with Crippen LogP contribution in [0.2, 0.25) is 0 Å². The van der Waals surface area contributed by atoms with E-state index in [1.54, 1.807) is 4.68 Å². The van der Waals surface area contributed by atoms with Crippen molar-refractivity contribution in [2.24, 2.45) is 0 Å². The molecule has 2 heterocycles. The lowest BCUT2D eigenvalue weighted by Gasteiger charge is -2.37. The summed E-state index contributed by atoms with van der Waals surface area (Å²) < 4.78 is 1.79. The number of amides is 1. The van der Waals surface area contributed by atoms with Gasteiger partial charge in [-0.1, -0.05) is 6.92 Å². The summed E-state index contributed by atoms with van der Waals surface area (Å²) in [5, 5.41) is 13.4. The first kappa shape index (κ1) is 19.1. The van der Waals surface area contributed by atoms with E-state index >= 15 is 0 Å². The normalized spacial score (nSPS) is 15.3. The van der Waals surface area contributed by atoms with Gasteiger partial charge in [-0.05, 0) is 56.6 Å². The van der Waals surface area contributed by atoms with Crippen LogP contribution in [0.4, 0.5) is 0 Å². The van der Waals surface area contributed by atoms with Crippen molar-refractivity contribution < 1.29 is 14.7 Å². The molecule has 1 aliphatic rings. The van der Waals surface area contributed by atoms with Crippen molar-refractivity contribution in [2.75, 3.05) is 26.2 Å². The molecule has 0 aliphatic carbocycles. The van der Waals surface area contributed by atoms with Crippen LogP contribution in [0.5, 0.6) is 0 Å². The molecule has 1 N–H and O–H groups in total. The lowest BCUT2D eigenvalue weighted by Crippen LogP contribution is -2.48. The number of aryl methyl sites for hydroxylation is 1. The fourth-order valence-corrected chi connectivity index (χ4v) is 3.61. The number of aromatic nitrogens is 2. The number of nitrogens with zero attached hydrogens (tertiary/aromatic N) is 4. The highest BCUT2D eigenvalue weighted by Gasteiger charge is 2.27. The summed E-state index contributed by atoms with van der Waals surface area (Å²) in [6, 6.07) is 9.64. The van der Waals surface area contributed by atoms with Crippen molar-refractivity contribution >= 4 is 11.9 Å². The summed E-state index contributed by atoms with van der Waals surface area (Å²) >= 11 is 0. The van der Waals surface area contributed by atoms with Gasteiger partial charge in [0.15, 0.2) is 0 Å². The molecule has 7 nitrogen and oxygen atoms in total. The van der Waals surface area contributed by atoms with Gasteiger partial charge in [-0.25, -0.2) is 4.68 Å². The average molecular weight is 370 g/mol. The molecule has 0 atom stereocenters. The molecular formula is C20H26N4O3. The molecule has 7 heteroatoms. The summed E-state index contributed by atoms with van der Waals surface area (Å²) in [4.78, 5) is 27.6. The quantitative estimate of drug-likeness (QED) is 0.843. The van der Waals surface area contributed by atoms with Crippen molar-refractivity contribution in [2.45, 2.75) is 32.7 Å². The zero-order chi connectivity index (χ0) is 19.4. The van der Waals surface area contributed by atoms with E-state index in [-0.39, 0.29) is 18.5 Å². The molecule has 0 spiro atoms. The van der Waals surface area contributed by atoms with Crippen LogP contribution in [-0.2, 0) is 4.79 Å². The van der Waals surface area contributed by atoms with E-state index in [9.17, 15) is 9.59 Å². The highest BCUT2D eigenvalue weighted by atomic mass is 16.4. The number of rotatable bonds is 6. The number of aliphatic carboxylic acids is 1. The molecular weight excluding hydrogens is 344 g/mol. The SMILES string of the molecule is CCN(CC(=O)O)C1CCN(C(=O)c2ccc(-n3ccc(C)n3)cc2)CC1. The molecule has 1 amide bonds. The van der Waals surface area contributed by atoms with Crippen LogP contribution in [0, 0.1) is 6.92 Å². The van der Waals surface area contributed by atoms with E-state index in [0.29, 0.717) is 25.2 Å². The minimum absolute atomic E-state index is 0.0259. The third-order valence-electron chi connectivity index (χ3n) is 5.11. The molecule has 0 unspecified atom stereocenters. The van der Waals surface area contributed by atoms with Gasteiger partial charge in [0.1, 0.15) is 0 Å². The topological polar surface area (TPSA) is 78.7 Å². The number of benzene rings is 1. The Balaban J connectivity index is 1.60. The van der Waals surface area contributed by atoms with Gasteiger partial charge >= 0.3 is 5.97 Å². The number of piperidine rings is 1. The van der Waals surface area contributed by atoms with Crippen molar-refractivity contribution in [3.63, 3.8) is 0 Å². The number of carbonyl (C=O) groups excluding carboxylic acids is 1. The number of carboxylic acids is 1. The second-order valence-corrected chi connectivity index (χ2v) is 6.93. The van der Waals surface area contributed by atoms with Gasteiger partial charge in [0.2, 0.25) is 0 Å². The maximum atomic E-state index is 12.8. The molecule has 1 aromatic carbocycles. The molecule has 27 heavy (non-hydrogen) atoms. The molecule has 1 aromatic heterocycles. The average Bonchev–Trinajstić information content (AvgIpc) is 3.12. The van der Waals surface area contributed by atoms with Crippen molar-refractivity contribution in [3.05, 3.63) is 47.8 Å². The molecule has 1 aliphatic heterocycles. The lowest BCUT2D eigenvalue weighted by molar-refractivity contribution is -0.139. The minimum atomic E-state index is -0.803. The van der Waals surface area contributed by atoms with Crippen molar-refractivity contribution in [1.29, 1.82) is 0 Å². The standard InChI is InChI=1S/C20H26N4O3/c1-3-22(14-19(25)26)17-9-11-23(12-10-17)20(27)16-4-6-18(7-5-16)24-13-8-15(2)21-24/h4-8,13,17H,3,9-12,14H2,1-2H3,(H,25,26). The highest BCUT2D eigenvalue weighted by molar-refractivity contribution is 5.94. The summed E-state index contributed by atoms with van der Waals surface area (Å²) in [5.41, 5.74) is 2.53. The molecule has 0 saturated carbocycles. The largest absolute Gasteiger partial charge is 0.480 e. The Kier molecular flexibility index (Phi) is 5.91. The maximum absolute atomic E-state index is 12.8. The van der Waals surface area contributed by atoms with Crippen LogP contribution in [0.25, 0.3) is 5.69 Å². The van der Waals surface area contributed by atoms with Gasteiger partial charge in [-0.3, -0.25) is 14.5 Å². The third kappa shape index (κ3) is 4.54. The zero-order valence-electron chi connectivity index (χ0n) is 15.8. The van der Waals surface area contributed by atoms with Gasteiger partial charge in [-0.15, -0.1) is 0 Å². The van der Waals surface area contributed by atoms with Crippen LogP contribution >= 0.6 is 0 Å². The van der Waals surface area contributed by atoms with Crippen LogP contribution in [0.3, 0.4) is 0 Å². The van der Waals surface area contributed by atoms with Gasteiger partial charge < -0.3 is 10.0 Å². The summed E-state index contributed by atoms with van der Waals surface area (Å²) in [7, 11) is 0. The Morgan fingerprint density at radius 2 is 1.85 bits per heavy atom. The summed E-state index contributed by atoms with van der Waals surface area (Å²) in [6.45, 7) is 5.99. The molecule has 3 rings (SSSR count). The number of hydrogen-bond donors (Lipinski definition) is 1. The fraction of sp³-hybridized carbons (Fsp3) is 0.450. The predicted octanol–water partition coefficient (Wildman–Crippen LogP) is 2.19. The van der Waals surface area contributed by atoms with E-state index in [1.165, 1.54) is 0 Å². The van der Waals surface area contributed by atoms with Crippen molar-refractivity contribution in [3.8, 4) is 5.69 Å². The molecule has 0 bridgehead atoms. The summed E-state index contributed by atoms with van der Waals surface area (Å²) in [5.74, 6) is -0.777. The van der Waals surface area contributed by atoms with Gasteiger partial charge in [0.25, 0.3) is 5.91 Å². The number of hydrogen-bond acceptors (Lipinski definition) is 4. The predicted molar refractivity (Wildman–Crippen MR) is 102 cm³/mol. The molecule has 0 radical (unpaired) electrons. The molecule has 1 saturated heterocycles. The molecule has 144 valence electrons. The second-order valence-electron chi connectivity index (χ2n) is 6.93. The first-order valence-corrected chi connectivity index (χ1v) is 9.35. The number of likely N-dealkylation sites (N-methyl/N-ethyl adjacent to an activating group) is 1. The minimum Gasteiger partial charge on any atom is -0.480 e. The van der Waals surface area contributed by atoms with Crippen LogP contribution in [0.15, 0.2) is 36.5 Å². The Morgan fingerprint density at radius 1 is 1.19 bits per heavy atom. The number of carboxylic acid groups (broad SMARTS) is 1. The first-order valence-electron chi connectivity index (χ1n) is 9.35. The smallest absolute Gasteiger partial charge is 0.317 e. The van der Waals surface area contributed by atoms with Gasteiger partial charge in [-0.2, -0.15) is 5.10 Å². The Hall–Kier alpha value is -2.67. The van der Waals surface area contributed by atoms with Crippen LogP contribution < -0.4 is 0 Å². The zero-order valence-corrected chi connectivity index (χ0v) is 15.8. The summed E-state index contributed by atoms with van der Waals surface area (Å²) in [6.07, 6.45) is 3.50. The van der Waals surface area contributed by atoms with Gasteiger partial charge in [0, 0.05) is 30.9 Å². The monoisotopic (exact) mass is 370 g/mol. The second kappa shape index (κ2) is 8.35. The van der Waals surface area contributed by atoms with E-state index in [4.69, 9.17) is 5.11 Å². The molecule has 2 aromatic rings. The third-order valence-corrected chi connectivity index (χ3v) is 5.11. The Morgan fingerprint density at radius 3 is 2.37 bits per heavy atom. The van der Waals surface area contributed by atoms with Crippen LogP contribution in [0.1, 0.15) is 35.8 Å². The fourth-order valence-electron chi connectivity index (χ4n) is 3.61. The van der Waals surface area contributed by atoms with E-state index < -0.39 is 5.97 Å². The number of carbonyl (C=O) groups is 2. The Labute approximate surface area is 159 Å². The van der Waals surface area contributed by atoms with E-state index in [0.717, 1.165) is 24.2 Å². The van der Waals surface area contributed by atoms with E-state index in [2.05, 4.69) is 5.10 Å². The van der Waals surface area contributed by atoms with E-state index in [1.807, 2.05) is 60.2 Å². The highest BCUT2D eigenvalue weighted by Crippen LogP contribution is 2.19. The van der Waals surface area contributed by atoms with Crippen molar-refractivity contribution in [1.82, 2.24) is 19.6 Å². The lowest BCUT2D eigenvalue weighted by atomic mass is 10.0. The first-order chi connectivity index (χ1) is 13.0.